The quantitative estimate of drug-likeness (QED) is 0.479. The lowest BCUT2D eigenvalue weighted by molar-refractivity contribution is 0.918. The molecule has 1 nitrogen and oxygen atoms in total. The maximum absolute atomic E-state index is 8.89. The van der Waals surface area contributed by atoms with Crippen molar-refractivity contribution >= 4 is 28.6 Å². The molecular weight excluding hydrogens is 320 g/mol. The summed E-state index contributed by atoms with van der Waals surface area (Å²) in [5.74, 6) is 2.49. The summed E-state index contributed by atoms with van der Waals surface area (Å²) in [6, 6.07) is 34.7. The second-order valence-electron chi connectivity index (χ2n) is 5.96. The number of nitrogens with zero attached hydrogens (tertiary/aromatic N) is 1. The molecule has 0 saturated heterocycles. The molecule has 0 aliphatic rings. The van der Waals surface area contributed by atoms with Crippen molar-refractivity contribution in [3.8, 4) is 6.07 Å². The minimum Gasteiger partial charge on any atom is -0.198 e. The second kappa shape index (κ2) is 8.52. The number of hydrogen-bond donors (Lipinski definition) is 0. The van der Waals surface area contributed by atoms with Gasteiger partial charge in [-0.3, -0.25) is 0 Å². The molecule has 0 heterocycles. The molecule has 2 heteroatoms. The smallest absolute Gasteiger partial charge is 0.0621 e. The Morgan fingerprint density at radius 3 is 1.44 bits per heavy atom. The molecule has 0 aliphatic heterocycles. The Bertz CT molecular complexity index is 774. The van der Waals surface area contributed by atoms with Crippen LogP contribution in [-0.4, -0.2) is 5.80 Å². The van der Waals surface area contributed by atoms with Crippen LogP contribution in [0.15, 0.2) is 91.0 Å². The molecule has 3 aromatic rings. The van der Waals surface area contributed by atoms with Crippen molar-refractivity contribution in [2.24, 2.45) is 0 Å². The lowest BCUT2D eigenvalue weighted by Crippen LogP contribution is -2.26. The molecule has 3 rings (SSSR count). The van der Waals surface area contributed by atoms with Gasteiger partial charge < -0.3 is 0 Å². The average molecular weight is 342 g/mol. The Hall–Kier alpha value is -2.55. The SMILES string of the molecule is N#[11C]CCCC=P(c1ccccc1)(c1ccccc1)c1ccccc1. The van der Waals surface area contributed by atoms with Crippen LogP contribution in [0.4, 0.5) is 0 Å². The molecule has 0 fully saturated rings. The highest BCUT2D eigenvalue weighted by Gasteiger charge is 2.24. The summed E-state index contributed by atoms with van der Waals surface area (Å²) in [5.41, 5.74) is 0. The van der Waals surface area contributed by atoms with Gasteiger partial charge in [0, 0.05) is 6.42 Å². The number of nitriles is 1. The van der Waals surface area contributed by atoms with E-state index in [-0.39, 0.29) is 0 Å². The lowest BCUT2D eigenvalue weighted by Gasteiger charge is -2.29. The molecule has 0 radical (unpaired) electrons. The number of benzene rings is 3. The van der Waals surface area contributed by atoms with Crippen molar-refractivity contribution in [1.29, 1.82) is 5.26 Å². The van der Waals surface area contributed by atoms with Gasteiger partial charge in [0.1, 0.15) is 0 Å². The highest BCUT2D eigenvalue weighted by molar-refractivity contribution is 7.94. The van der Waals surface area contributed by atoms with E-state index in [1.54, 1.807) is 0 Å². The Kier molecular flexibility index (Phi) is 5.89. The van der Waals surface area contributed by atoms with Crippen LogP contribution in [0.1, 0.15) is 19.3 Å². The van der Waals surface area contributed by atoms with E-state index < -0.39 is 6.89 Å². The second-order valence-corrected chi connectivity index (χ2v) is 9.32. The molecule has 0 aromatic heterocycles. The molecule has 0 atom stereocenters. The van der Waals surface area contributed by atoms with E-state index in [0.29, 0.717) is 6.42 Å². The lowest BCUT2D eigenvalue weighted by atomic mass is 10.1. The van der Waals surface area contributed by atoms with Crippen LogP contribution >= 0.6 is 6.89 Å². The summed E-state index contributed by atoms with van der Waals surface area (Å²) in [6.07, 6.45) is 2.46. The average Bonchev–Trinajstić information content (AvgIpc) is 2.70. The summed E-state index contributed by atoms with van der Waals surface area (Å²) >= 11 is 0. The molecule has 0 unspecified atom stereocenters. The van der Waals surface area contributed by atoms with Crippen molar-refractivity contribution in [3.05, 3.63) is 91.0 Å². The fourth-order valence-electron chi connectivity index (χ4n) is 3.22. The Morgan fingerprint density at radius 2 is 1.08 bits per heavy atom. The van der Waals surface area contributed by atoms with E-state index in [1.165, 1.54) is 15.9 Å². The number of rotatable bonds is 6. The first-order valence-electron chi connectivity index (χ1n) is 8.65. The molecular formula is C23H22NP. The first kappa shape index (κ1) is 17.3. The molecule has 3 aromatic carbocycles. The molecule has 0 saturated carbocycles. The standard InChI is InChI=1S/C23H22NP/c24-19-11-4-12-20-25(21-13-5-1-6-14-21,22-15-7-2-8-16-22)23-17-9-3-10-18-23/h1-3,5-10,13-18,20H,4,11-12H2/i19-1. The van der Waals surface area contributed by atoms with E-state index in [0.717, 1.165) is 12.8 Å². The fraction of sp³-hybridized carbons (Fsp3) is 0.130. The molecule has 25 heavy (non-hydrogen) atoms. The van der Waals surface area contributed by atoms with Crippen LogP contribution in [0, 0.1) is 11.3 Å². The largest absolute Gasteiger partial charge is 0.198 e. The summed E-state index contributed by atoms with van der Waals surface area (Å²) in [6.45, 7) is -1.83. The van der Waals surface area contributed by atoms with E-state index in [4.69, 9.17) is 5.26 Å². The van der Waals surface area contributed by atoms with Crippen LogP contribution in [0.2, 0.25) is 0 Å². The van der Waals surface area contributed by atoms with Crippen molar-refractivity contribution in [2.45, 2.75) is 19.3 Å². The molecule has 0 amide bonds. The van der Waals surface area contributed by atoms with Gasteiger partial charge in [0.05, 0.1) is 6.07 Å². The zero-order chi connectivity index (χ0) is 17.4. The predicted octanol–water partition coefficient (Wildman–Crippen LogP) is 4.48. The van der Waals surface area contributed by atoms with Crippen molar-refractivity contribution in [1.82, 2.24) is 0 Å². The van der Waals surface area contributed by atoms with Gasteiger partial charge in [-0.25, -0.2) is 0 Å². The van der Waals surface area contributed by atoms with Crippen LogP contribution < -0.4 is 15.9 Å². The number of hydrogen-bond acceptors (Lipinski definition) is 1. The summed E-state index contributed by atoms with van der Waals surface area (Å²) in [7, 11) is 0. The van der Waals surface area contributed by atoms with Gasteiger partial charge >= 0.3 is 0 Å². The molecule has 0 N–H and O–H groups in total. The summed E-state index contributed by atoms with van der Waals surface area (Å²) in [5, 5.41) is 13.0. The first-order chi connectivity index (χ1) is 12.4. The van der Waals surface area contributed by atoms with Crippen molar-refractivity contribution in [2.75, 3.05) is 0 Å². The minimum atomic E-state index is -1.83. The van der Waals surface area contributed by atoms with Crippen LogP contribution in [0.3, 0.4) is 0 Å². The van der Waals surface area contributed by atoms with Gasteiger partial charge in [-0.1, -0.05) is 96.8 Å². The van der Waals surface area contributed by atoms with Gasteiger partial charge in [0.15, 0.2) is 0 Å². The third-order valence-corrected chi connectivity index (χ3v) is 8.53. The van der Waals surface area contributed by atoms with E-state index in [1.807, 2.05) is 0 Å². The van der Waals surface area contributed by atoms with Gasteiger partial charge in [-0.2, -0.15) is 5.26 Å². The van der Waals surface area contributed by atoms with E-state index >= 15 is 0 Å². The Labute approximate surface area is 150 Å². The van der Waals surface area contributed by atoms with Gasteiger partial charge in [-0.05, 0) is 35.6 Å². The van der Waals surface area contributed by atoms with E-state index in [2.05, 4.69) is 103 Å². The fourth-order valence-corrected chi connectivity index (χ4v) is 7.24. The zero-order valence-corrected chi connectivity index (χ0v) is 15.1. The monoisotopic (exact) mass is 342 g/mol. The van der Waals surface area contributed by atoms with Crippen molar-refractivity contribution < 1.29 is 0 Å². The molecule has 124 valence electrons. The summed E-state index contributed by atoms with van der Waals surface area (Å²) in [4.78, 5) is 0. The third kappa shape index (κ3) is 3.76. The highest BCUT2D eigenvalue weighted by atomic mass is 31.2. The highest BCUT2D eigenvalue weighted by Crippen LogP contribution is 2.43. The Balaban J connectivity index is 2.26. The minimum absolute atomic E-state index is 0.606. The van der Waals surface area contributed by atoms with Crippen LogP contribution in [0.5, 0.6) is 0 Å². The molecule has 0 spiro atoms. The number of unbranched alkanes of at least 4 members (excludes halogenated alkanes) is 2. The summed E-state index contributed by atoms with van der Waals surface area (Å²) < 4.78 is 0. The predicted molar refractivity (Wildman–Crippen MR) is 111 cm³/mol. The molecule has 0 aliphatic carbocycles. The molecule has 0 bridgehead atoms. The topological polar surface area (TPSA) is 23.8 Å². The zero-order valence-electron chi connectivity index (χ0n) is 14.3. The maximum Gasteiger partial charge on any atom is 0.0621 e. The van der Waals surface area contributed by atoms with Crippen LogP contribution in [0.25, 0.3) is 0 Å². The first-order valence-corrected chi connectivity index (χ1v) is 10.5. The maximum atomic E-state index is 8.89. The normalized spacial score (nSPS) is 10.8. The Morgan fingerprint density at radius 1 is 0.680 bits per heavy atom. The van der Waals surface area contributed by atoms with Crippen LogP contribution in [-0.2, 0) is 0 Å². The van der Waals surface area contributed by atoms with Crippen molar-refractivity contribution in [3.63, 3.8) is 0 Å². The van der Waals surface area contributed by atoms with Gasteiger partial charge in [-0.15, -0.1) is 0 Å². The third-order valence-electron chi connectivity index (χ3n) is 4.39. The van der Waals surface area contributed by atoms with E-state index in [9.17, 15) is 0 Å². The van der Waals surface area contributed by atoms with Gasteiger partial charge in [0.2, 0.25) is 0 Å². The van der Waals surface area contributed by atoms with Gasteiger partial charge in [0.25, 0.3) is 0 Å².